The first kappa shape index (κ1) is 8.05. The molecule has 0 aromatic rings. The molecule has 0 spiro atoms. The predicted molar refractivity (Wildman–Crippen MR) is 42.4 cm³/mol. The second-order valence-corrected chi connectivity index (χ2v) is 3.83. The lowest BCUT2D eigenvalue weighted by molar-refractivity contribution is -0.153. The Kier molecular flexibility index (Phi) is 2.05. The number of ether oxygens (including phenoxy) is 1. The summed E-state index contributed by atoms with van der Waals surface area (Å²) in [6, 6.07) is 0. The van der Waals surface area contributed by atoms with E-state index in [4.69, 9.17) is 9.84 Å². The molecule has 2 fully saturated rings. The Bertz CT molecular complexity index is 190. The maximum Gasteiger partial charge on any atom is 0.306 e. The first-order valence-electron chi connectivity index (χ1n) is 4.57. The van der Waals surface area contributed by atoms with E-state index in [-0.39, 0.29) is 12.6 Å². The Labute approximate surface area is 71.7 Å². The van der Waals surface area contributed by atoms with Gasteiger partial charge in [-0.2, -0.15) is 0 Å². The minimum Gasteiger partial charge on any atom is -0.465 e. The molecule has 1 aliphatic carbocycles. The number of aliphatic hydroxyl groups excluding tert-OH is 1. The van der Waals surface area contributed by atoms with Crippen molar-refractivity contribution in [3.05, 3.63) is 0 Å². The van der Waals surface area contributed by atoms with Crippen LogP contribution in [0.5, 0.6) is 0 Å². The van der Waals surface area contributed by atoms with Crippen LogP contribution in [-0.4, -0.2) is 24.3 Å². The minimum absolute atomic E-state index is 0.0603. The van der Waals surface area contributed by atoms with E-state index in [1.165, 1.54) is 0 Å². The molecule has 1 N–H and O–H groups in total. The Morgan fingerprint density at radius 1 is 1.50 bits per heavy atom. The van der Waals surface area contributed by atoms with Crippen LogP contribution in [0.25, 0.3) is 0 Å². The van der Waals surface area contributed by atoms with Crippen molar-refractivity contribution in [1.82, 2.24) is 0 Å². The highest BCUT2D eigenvalue weighted by molar-refractivity contribution is 5.70. The Balaban J connectivity index is 2.02. The average molecular weight is 170 g/mol. The molecule has 2 aliphatic rings. The molecule has 12 heavy (non-hydrogen) atoms. The molecule has 3 nitrogen and oxygen atoms in total. The van der Waals surface area contributed by atoms with Crippen LogP contribution in [0.1, 0.15) is 19.3 Å². The molecule has 1 heterocycles. The highest BCUT2D eigenvalue weighted by Crippen LogP contribution is 2.41. The summed E-state index contributed by atoms with van der Waals surface area (Å²) in [5.41, 5.74) is 0. The third-order valence-electron chi connectivity index (χ3n) is 3.22. The SMILES string of the molecule is O=C1C[C@@H]2CC[C@H](CO)[C@@H]2CO1. The van der Waals surface area contributed by atoms with Gasteiger partial charge in [0.2, 0.25) is 0 Å². The van der Waals surface area contributed by atoms with Crippen LogP contribution in [-0.2, 0) is 9.53 Å². The lowest BCUT2D eigenvalue weighted by Gasteiger charge is -2.27. The monoisotopic (exact) mass is 170 g/mol. The normalized spacial score (nSPS) is 40.8. The summed E-state index contributed by atoms with van der Waals surface area (Å²) in [7, 11) is 0. The fourth-order valence-corrected chi connectivity index (χ4v) is 2.46. The average Bonchev–Trinajstić information content (AvgIpc) is 2.46. The number of cyclic esters (lactones) is 1. The molecule has 0 amide bonds. The molecule has 0 aromatic heterocycles. The highest BCUT2D eigenvalue weighted by Gasteiger charge is 2.40. The van der Waals surface area contributed by atoms with Crippen LogP contribution >= 0.6 is 0 Å². The third-order valence-corrected chi connectivity index (χ3v) is 3.22. The van der Waals surface area contributed by atoms with Crippen molar-refractivity contribution in [3.8, 4) is 0 Å². The number of rotatable bonds is 1. The van der Waals surface area contributed by atoms with Gasteiger partial charge >= 0.3 is 5.97 Å². The zero-order valence-corrected chi connectivity index (χ0v) is 7.03. The number of esters is 1. The van der Waals surface area contributed by atoms with Gasteiger partial charge in [0.05, 0.1) is 6.61 Å². The van der Waals surface area contributed by atoms with Gasteiger partial charge in [0.1, 0.15) is 0 Å². The maximum atomic E-state index is 10.9. The van der Waals surface area contributed by atoms with Crippen LogP contribution in [0.4, 0.5) is 0 Å². The first-order chi connectivity index (χ1) is 5.81. The van der Waals surface area contributed by atoms with Gasteiger partial charge in [0.15, 0.2) is 0 Å². The molecule has 0 aromatic carbocycles. The number of hydrogen-bond acceptors (Lipinski definition) is 3. The summed E-state index contributed by atoms with van der Waals surface area (Å²) >= 11 is 0. The van der Waals surface area contributed by atoms with Crippen LogP contribution in [0.15, 0.2) is 0 Å². The molecule has 0 bridgehead atoms. The number of aliphatic hydroxyl groups is 1. The number of fused-ring (bicyclic) bond motifs is 1. The molecule has 68 valence electrons. The lowest BCUT2D eigenvalue weighted by atomic mass is 9.87. The van der Waals surface area contributed by atoms with Crippen LogP contribution < -0.4 is 0 Å². The molecular formula is C9H14O3. The van der Waals surface area contributed by atoms with Crippen LogP contribution in [0.2, 0.25) is 0 Å². The van der Waals surface area contributed by atoms with Crippen molar-refractivity contribution in [1.29, 1.82) is 0 Å². The van der Waals surface area contributed by atoms with Gasteiger partial charge in [-0.1, -0.05) is 0 Å². The van der Waals surface area contributed by atoms with Crippen molar-refractivity contribution in [2.24, 2.45) is 17.8 Å². The van der Waals surface area contributed by atoms with Crippen molar-refractivity contribution in [3.63, 3.8) is 0 Å². The van der Waals surface area contributed by atoms with Crippen molar-refractivity contribution >= 4 is 5.97 Å². The zero-order chi connectivity index (χ0) is 8.55. The van der Waals surface area contributed by atoms with Gasteiger partial charge in [-0.25, -0.2) is 0 Å². The Morgan fingerprint density at radius 3 is 3.08 bits per heavy atom. The van der Waals surface area contributed by atoms with Gasteiger partial charge in [-0.15, -0.1) is 0 Å². The third kappa shape index (κ3) is 1.22. The topological polar surface area (TPSA) is 46.5 Å². The highest BCUT2D eigenvalue weighted by atomic mass is 16.5. The Morgan fingerprint density at radius 2 is 2.33 bits per heavy atom. The molecule has 1 saturated heterocycles. The van der Waals surface area contributed by atoms with Gasteiger partial charge < -0.3 is 9.84 Å². The molecule has 0 unspecified atom stereocenters. The largest absolute Gasteiger partial charge is 0.465 e. The Hall–Kier alpha value is -0.570. The standard InChI is InChI=1S/C9H14O3/c10-4-7-2-1-6-3-9(11)12-5-8(6)7/h6-8,10H,1-5H2/t6-,7+,8+/m0/s1. The van der Waals surface area contributed by atoms with E-state index >= 15 is 0 Å². The molecule has 1 aliphatic heterocycles. The van der Waals surface area contributed by atoms with Crippen molar-refractivity contribution < 1.29 is 14.6 Å². The summed E-state index contributed by atoms with van der Waals surface area (Å²) in [5, 5.41) is 9.03. The molecule has 0 radical (unpaired) electrons. The molecule has 1 saturated carbocycles. The minimum atomic E-state index is -0.0603. The molecular weight excluding hydrogens is 156 g/mol. The zero-order valence-electron chi connectivity index (χ0n) is 7.03. The summed E-state index contributed by atoms with van der Waals surface area (Å²) in [5.74, 6) is 1.24. The van der Waals surface area contributed by atoms with Gasteiger partial charge in [-0.05, 0) is 24.7 Å². The molecule has 3 heteroatoms. The second-order valence-electron chi connectivity index (χ2n) is 3.83. The summed E-state index contributed by atoms with van der Waals surface area (Å²) < 4.78 is 4.97. The van der Waals surface area contributed by atoms with E-state index in [0.717, 1.165) is 12.8 Å². The first-order valence-corrected chi connectivity index (χ1v) is 4.57. The van der Waals surface area contributed by atoms with Crippen LogP contribution in [0.3, 0.4) is 0 Å². The van der Waals surface area contributed by atoms with Gasteiger partial charge in [-0.3, -0.25) is 4.79 Å². The summed E-state index contributed by atoms with van der Waals surface area (Å²) in [6.45, 7) is 0.785. The quantitative estimate of drug-likeness (QED) is 0.585. The van der Waals surface area contributed by atoms with Crippen molar-refractivity contribution in [2.45, 2.75) is 19.3 Å². The smallest absolute Gasteiger partial charge is 0.306 e. The molecule has 2 rings (SSSR count). The van der Waals surface area contributed by atoms with Gasteiger partial charge in [0, 0.05) is 18.9 Å². The number of carbonyl (C=O) groups is 1. The fourth-order valence-electron chi connectivity index (χ4n) is 2.46. The van der Waals surface area contributed by atoms with E-state index in [2.05, 4.69) is 0 Å². The number of hydrogen-bond donors (Lipinski definition) is 1. The maximum absolute atomic E-state index is 10.9. The lowest BCUT2D eigenvalue weighted by Crippen LogP contribution is -2.31. The summed E-state index contributed by atoms with van der Waals surface area (Å²) in [6.07, 6.45) is 2.72. The van der Waals surface area contributed by atoms with Crippen LogP contribution in [0, 0.1) is 17.8 Å². The van der Waals surface area contributed by atoms with Gasteiger partial charge in [0.25, 0.3) is 0 Å². The second kappa shape index (κ2) is 3.05. The van der Waals surface area contributed by atoms with E-state index in [0.29, 0.717) is 30.8 Å². The fraction of sp³-hybridized carbons (Fsp3) is 0.889. The van der Waals surface area contributed by atoms with E-state index in [1.54, 1.807) is 0 Å². The van der Waals surface area contributed by atoms with E-state index in [1.807, 2.05) is 0 Å². The van der Waals surface area contributed by atoms with E-state index < -0.39 is 0 Å². The predicted octanol–water partition coefficient (Wildman–Crippen LogP) is 0.568. The van der Waals surface area contributed by atoms with Crippen molar-refractivity contribution in [2.75, 3.05) is 13.2 Å². The molecule has 3 atom stereocenters. The summed E-state index contributed by atoms with van der Waals surface area (Å²) in [4.78, 5) is 10.9. The number of carbonyl (C=O) groups excluding carboxylic acids is 1. The van der Waals surface area contributed by atoms with E-state index in [9.17, 15) is 4.79 Å².